The molecule has 0 aliphatic heterocycles. The molecule has 0 saturated heterocycles. The Bertz CT molecular complexity index is 907. The van der Waals surface area contributed by atoms with Crippen LogP contribution in [0.25, 0.3) is 5.69 Å². The first-order valence-corrected chi connectivity index (χ1v) is 8.54. The lowest BCUT2D eigenvalue weighted by Crippen LogP contribution is -2.23. The van der Waals surface area contributed by atoms with Gasteiger partial charge in [0.1, 0.15) is 5.75 Å². The van der Waals surface area contributed by atoms with Crippen molar-refractivity contribution in [2.45, 2.75) is 13.5 Å². The number of rotatable bonds is 5. The van der Waals surface area contributed by atoms with Gasteiger partial charge in [-0.25, -0.2) is 4.98 Å². The fraction of sp³-hybridized carbons (Fsp3) is 0.176. The van der Waals surface area contributed by atoms with Gasteiger partial charge in [-0.2, -0.15) is 0 Å². The molecule has 0 aliphatic carbocycles. The zero-order chi connectivity index (χ0) is 17.1. The fourth-order valence-corrected chi connectivity index (χ4v) is 3.10. The maximum Gasteiger partial charge on any atom is 0.297 e. The van der Waals surface area contributed by atoms with Gasteiger partial charge < -0.3 is 10.1 Å². The van der Waals surface area contributed by atoms with Crippen molar-refractivity contribution in [2.75, 3.05) is 12.4 Å². The van der Waals surface area contributed by atoms with Gasteiger partial charge in [0.2, 0.25) is 0 Å². The number of methoxy groups -OCH3 is 1. The number of hydrogen-bond acceptors (Lipinski definition) is 5. The van der Waals surface area contributed by atoms with Crippen molar-refractivity contribution < 1.29 is 4.74 Å². The second-order valence-corrected chi connectivity index (χ2v) is 6.60. The predicted molar refractivity (Wildman–Crippen MR) is 97.8 cm³/mol. The van der Waals surface area contributed by atoms with Crippen LogP contribution in [0.4, 0.5) is 5.82 Å². The Balaban J connectivity index is 1.99. The van der Waals surface area contributed by atoms with Crippen LogP contribution in [0.2, 0.25) is 5.02 Å². The van der Waals surface area contributed by atoms with Gasteiger partial charge in [0, 0.05) is 28.4 Å². The molecule has 24 heavy (non-hydrogen) atoms. The molecule has 0 unspecified atom stereocenters. The third-order valence-electron chi connectivity index (χ3n) is 3.57. The van der Waals surface area contributed by atoms with Crippen LogP contribution in [0.5, 0.6) is 5.75 Å². The molecule has 0 bridgehead atoms. The van der Waals surface area contributed by atoms with Gasteiger partial charge in [0.05, 0.1) is 19.3 Å². The molecule has 7 heteroatoms. The highest BCUT2D eigenvalue weighted by Crippen LogP contribution is 2.29. The van der Waals surface area contributed by atoms with E-state index in [1.807, 2.05) is 30.5 Å². The largest absolute Gasteiger partial charge is 0.495 e. The van der Waals surface area contributed by atoms with Crippen LogP contribution >= 0.6 is 22.9 Å². The Labute approximate surface area is 148 Å². The minimum Gasteiger partial charge on any atom is -0.495 e. The summed E-state index contributed by atoms with van der Waals surface area (Å²) in [5, 5.41) is 5.67. The first-order chi connectivity index (χ1) is 11.6. The van der Waals surface area contributed by atoms with Gasteiger partial charge in [0.15, 0.2) is 5.82 Å². The van der Waals surface area contributed by atoms with Crippen molar-refractivity contribution in [2.24, 2.45) is 0 Å². The van der Waals surface area contributed by atoms with Crippen molar-refractivity contribution in [3.05, 3.63) is 67.9 Å². The van der Waals surface area contributed by atoms with E-state index in [2.05, 4.69) is 10.3 Å². The van der Waals surface area contributed by atoms with E-state index in [9.17, 15) is 4.79 Å². The first kappa shape index (κ1) is 16.5. The quantitative estimate of drug-likeness (QED) is 0.749. The number of aromatic nitrogens is 2. The highest BCUT2D eigenvalue weighted by Gasteiger charge is 2.13. The average molecular weight is 362 g/mol. The normalized spacial score (nSPS) is 10.6. The number of aryl methyl sites for hydroxylation is 1. The molecular formula is C17H16ClN3O2S. The molecule has 0 saturated carbocycles. The van der Waals surface area contributed by atoms with Crippen LogP contribution in [0.3, 0.4) is 0 Å². The van der Waals surface area contributed by atoms with E-state index in [1.54, 1.807) is 36.9 Å². The molecule has 0 atom stereocenters. The van der Waals surface area contributed by atoms with E-state index in [-0.39, 0.29) is 5.56 Å². The number of hydrogen-bond donors (Lipinski definition) is 1. The van der Waals surface area contributed by atoms with Crippen LogP contribution < -0.4 is 15.6 Å². The van der Waals surface area contributed by atoms with Crippen LogP contribution in [-0.2, 0) is 6.54 Å². The van der Waals surface area contributed by atoms with Crippen LogP contribution in [0.1, 0.15) is 10.4 Å². The SMILES string of the molecule is COc1cc(Cl)c(C)cc1-n1ccnc(NCc2cccs2)c1=O. The monoisotopic (exact) mass is 361 g/mol. The third kappa shape index (κ3) is 3.29. The molecule has 2 aromatic heterocycles. The molecule has 1 N–H and O–H groups in total. The highest BCUT2D eigenvalue weighted by molar-refractivity contribution is 7.09. The molecule has 124 valence electrons. The van der Waals surface area contributed by atoms with Crippen molar-refractivity contribution in [1.82, 2.24) is 9.55 Å². The van der Waals surface area contributed by atoms with Gasteiger partial charge in [-0.15, -0.1) is 11.3 Å². The molecule has 5 nitrogen and oxygen atoms in total. The molecule has 0 amide bonds. The standard InChI is InChI=1S/C17H16ClN3O2S/c1-11-8-14(15(23-2)9-13(11)18)21-6-5-19-16(17(21)22)20-10-12-4-3-7-24-12/h3-9H,10H2,1-2H3,(H,19,20). The number of halogens is 1. The summed E-state index contributed by atoms with van der Waals surface area (Å²) in [6.07, 6.45) is 3.20. The minimum atomic E-state index is -0.242. The average Bonchev–Trinajstić information content (AvgIpc) is 3.09. The van der Waals surface area contributed by atoms with Gasteiger partial charge in [-0.05, 0) is 30.0 Å². The number of thiophene rings is 1. The van der Waals surface area contributed by atoms with Gasteiger partial charge >= 0.3 is 0 Å². The molecule has 1 aromatic carbocycles. The predicted octanol–water partition coefficient (Wildman–Crippen LogP) is 3.88. The van der Waals surface area contributed by atoms with Crippen molar-refractivity contribution in [1.29, 1.82) is 0 Å². The number of benzene rings is 1. The van der Waals surface area contributed by atoms with E-state index in [1.165, 1.54) is 4.57 Å². The Morgan fingerprint density at radius 2 is 2.25 bits per heavy atom. The fourth-order valence-electron chi connectivity index (χ4n) is 2.31. The van der Waals surface area contributed by atoms with Crippen molar-refractivity contribution >= 4 is 28.8 Å². The number of nitrogens with zero attached hydrogens (tertiary/aromatic N) is 2. The summed E-state index contributed by atoms with van der Waals surface area (Å²) < 4.78 is 6.87. The third-order valence-corrected chi connectivity index (χ3v) is 4.85. The maximum atomic E-state index is 12.7. The summed E-state index contributed by atoms with van der Waals surface area (Å²) >= 11 is 7.76. The Morgan fingerprint density at radius 1 is 1.42 bits per heavy atom. The van der Waals surface area contributed by atoms with Crippen LogP contribution in [-0.4, -0.2) is 16.7 Å². The summed E-state index contributed by atoms with van der Waals surface area (Å²) in [6, 6.07) is 7.51. The van der Waals surface area contributed by atoms with E-state index >= 15 is 0 Å². The van der Waals surface area contributed by atoms with E-state index in [0.29, 0.717) is 28.8 Å². The van der Waals surface area contributed by atoms with Crippen molar-refractivity contribution in [3.8, 4) is 11.4 Å². The molecular weight excluding hydrogens is 346 g/mol. The van der Waals surface area contributed by atoms with E-state index in [0.717, 1.165) is 10.4 Å². The topological polar surface area (TPSA) is 56.1 Å². The zero-order valence-corrected chi connectivity index (χ0v) is 14.8. The lowest BCUT2D eigenvalue weighted by atomic mass is 10.2. The molecule has 0 aliphatic rings. The highest BCUT2D eigenvalue weighted by atomic mass is 35.5. The second kappa shape index (κ2) is 7.07. The Hall–Kier alpha value is -2.31. The van der Waals surface area contributed by atoms with E-state index < -0.39 is 0 Å². The summed E-state index contributed by atoms with van der Waals surface area (Å²) in [7, 11) is 1.55. The molecule has 0 radical (unpaired) electrons. The van der Waals surface area contributed by atoms with Gasteiger partial charge in [-0.3, -0.25) is 9.36 Å². The second-order valence-electron chi connectivity index (χ2n) is 5.16. The molecule has 0 spiro atoms. The van der Waals surface area contributed by atoms with Crippen LogP contribution in [0, 0.1) is 6.92 Å². The lowest BCUT2D eigenvalue weighted by molar-refractivity contribution is 0.412. The summed E-state index contributed by atoms with van der Waals surface area (Å²) in [5.41, 5.74) is 1.25. The maximum absolute atomic E-state index is 12.7. The summed E-state index contributed by atoms with van der Waals surface area (Å²) in [4.78, 5) is 18.0. The smallest absolute Gasteiger partial charge is 0.297 e. The Kier molecular flexibility index (Phi) is 4.87. The summed E-state index contributed by atoms with van der Waals surface area (Å²) in [6.45, 7) is 2.44. The number of anilines is 1. The number of ether oxygens (including phenoxy) is 1. The molecule has 0 fully saturated rings. The minimum absolute atomic E-state index is 0.242. The zero-order valence-electron chi connectivity index (χ0n) is 13.2. The van der Waals surface area contributed by atoms with E-state index in [4.69, 9.17) is 16.3 Å². The lowest BCUT2D eigenvalue weighted by Gasteiger charge is -2.14. The van der Waals surface area contributed by atoms with Crippen molar-refractivity contribution in [3.63, 3.8) is 0 Å². The molecule has 2 heterocycles. The molecule has 3 rings (SSSR count). The van der Waals surface area contributed by atoms with Crippen LogP contribution in [0.15, 0.2) is 46.8 Å². The number of nitrogens with one attached hydrogen (secondary N) is 1. The summed E-state index contributed by atoms with van der Waals surface area (Å²) in [5.74, 6) is 0.823. The van der Waals surface area contributed by atoms with Gasteiger partial charge in [-0.1, -0.05) is 17.7 Å². The first-order valence-electron chi connectivity index (χ1n) is 7.28. The Morgan fingerprint density at radius 3 is 2.96 bits per heavy atom. The molecule has 3 aromatic rings. The van der Waals surface area contributed by atoms with Gasteiger partial charge in [0.25, 0.3) is 5.56 Å².